The number of rotatable bonds is 1. The fourth-order valence-corrected chi connectivity index (χ4v) is 2.67. The summed E-state index contributed by atoms with van der Waals surface area (Å²) in [6.45, 7) is 2.52. The molecule has 1 heterocycles. The van der Waals surface area contributed by atoms with E-state index in [1.165, 1.54) is 25.9 Å². The Morgan fingerprint density at radius 3 is 2.36 bits per heavy atom. The van der Waals surface area contributed by atoms with Crippen LogP contribution in [-0.2, 0) is 10.7 Å². The van der Waals surface area contributed by atoms with Crippen molar-refractivity contribution in [2.45, 2.75) is 18.1 Å². The molecule has 0 amide bonds. The Labute approximate surface area is 72.1 Å². The number of nitrogens with zero attached hydrogens (tertiary/aromatic N) is 2. The standard InChI is InChI=1S/C8H18N2S/c1-9-11(3)8-4-6-10(2)7-5-8/h8H,4-7H2,1-3H3. The first-order valence-corrected chi connectivity index (χ1v) is 5.82. The molecule has 1 aliphatic rings. The van der Waals surface area contributed by atoms with Crippen LogP contribution in [0.4, 0.5) is 0 Å². The van der Waals surface area contributed by atoms with E-state index in [1.54, 1.807) is 0 Å². The molecule has 1 unspecified atom stereocenters. The van der Waals surface area contributed by atoms with Crippen molar-refractivity contribution >= 4 is 10.7 Å². The number of hydrogen-bond donors (Lipinski definition) is 0. The van der Waals surface area contributed by atoms with Gasteiger partial charge in [0.15, 0.2) is 0 Å². The van der Waals surface area contributed by atoms with Crippen LogP contribution >= 0.6 is 0 Å². The van der Waals surface area contributed by atoms with Gasteiger partial charge in [-0.1, -0.05) is 0 Å². The van der Waals surface area contributed by atoms with E-state index in [-0.39, 0.29) is 0 Å². The first-order chi connectivity index (χ1) is 5.24. The van der Waals surface area contributed by atoms with Gasteiger partial charge in [0.05, 0.1) is 0 Å². The van der Waals surface area contributed by atoms with Crippen LogP contribution in [0.3, 0.4) is 0 Å². The predicted octanol–water partition coefficient (Wildman–Crippen LogP) is 1.14. The van der Waals surface area contributed by atoms with Crippen LogP contribution in [-0.4, -0.2) is 43.6 Å². The smallest absolute Gasteiger partial charge is 0.0346 e. The lowest BCUT2D eigenvalue weighted by Gasteiger charge is -2.29. The van der Waals surface area contributed by atoms with Crippen molar-refractivity contribution in [2.24, 2.45) is 4.36 Å². The van der Waals surface area contributed by atoms with Gasteiger partial charge in [0, 0.05) is 12.3 Å². The van der Waals surface area contributed by atoms with Gasteiger partial charge in [0.2, 0.25) is 0 Å². The lowest BCUT2D eigenvalue weighted by molar-refractivity contribution is 0.281. The van der Waals surface area contributed by atoms with Gasteiger partial charge in [0.25, 0.3) is 0 Å². The summed E-state index contributed by atoms with van der Waals surface area (Å²) in [7, 11) is 4.47. The molecule has 1 atom stereocenters. The van der Waals surface area contributed by atoms with E-state index in [9.17, 15) is 0 Å². The zero-order valence-electron chi connectivity index (χ0n) is 7.71. The molecule has 66 valence electrons. The fraction of sp³-hybridized carbons (Fsp3) is 1.00. The molecule has 0 spiro atoms. The van der Waals surface area contributed by atoms with E-state index in [0.29, 0.717) is 10.7 Å². The molecule has 0 saturated carbocycles. The second-order valence-electron chi connectivity index (χ2n) is 3.21. The molecule has 1 saturated heterocycles. The number of hydrogen-bond acceptors (Lipinski definition) is 2. The average molecular weight is 174 g/mol. The third-order valence-corrected chi connectivity index (χ3v) is 4.45. The van der Waals surface area contributed by atoms with Crippen LogP contribution in [0.25, 0.3) is 0 Å². The third-order valence-electron chi connectivity index (χ3n) is 2.44. The predicted molar refractivity (Wildman–Crippen MR) is 52.2 cm³/mol. The van der Waals surface area contributed by atoms with Gasteiger partial charge in [-0.25, -0.2) is 0 Å². The van der Waals surface area contributed by atoms with Gasteiger partial charge in [-0.15, -0.1) is 10.7 Å². The average Bonchev–Trinajstić information content (AvgIpc) is 2.05. The van der Waals surface area contributed by atoms with Crippen LogP contribution in [0, 0.1) is 0 Å². The third kappa shape index (κ3) is 2.56. The van der Waals surface area contributed by atoms with Gasteiger partial charge < -0.3 is 4.90 Å². The Morgan fingerprint density at radius 2 is 1.91 bits per heavy atom. The van der Waals surface area contributed by atoms with E-state index in [0.717, 1.165) is 5.25 Å². The molecule has 11 heavy (non-hydrogen) atoms. The van der Waals surface area contributed by atoms with Crippen LogP contribution in [0.15, 0.2) is 4.36 Å². The molecule has 0 aromatic carbocycles. The molecule has 2 nitrogen and oxygen atoms in total. The first-order valence-electron chi connectivity index (χ1n) is 4.17. The normalized spacial score (nSPS) is 25.7. The maximum absolute atomic E-state index is 4.35. The Balaban J connectivity index is 2.39. The van der Waals surface area contributed by atoms with Crippen molar-refractivity contribution in [1.29, 1.82) is 0 Å². The molecule has 1 rings (SSSR count). The maximum Gasteiger partial charge on any atom is 0.0346 e. The summed E-state index contributed by atoms with van der Waals surface area (Å²) in [6, 6.07) is 0. The lowest BCUT2D eigenvalue weighted by atomic mass is 10.1. The van der Waals surface area contributed by atoms with Gasteiger partial charge in [-0.05, 0) is 39.2 Å². The summed E-state index contributed by atoms with van der Waals surface area (Å²) in [6.07, 6.45) is 4.94. The van der Waals surface area contributed by atoms with Crippen molar-refractivity contribution < 1.29 is 0 Å². The van der Waals surface area contributed by atoms with Crippen LogP contribution < -0.4 is 0 Å². The lowest BCUT2D eigenvalue weighted by Crippen LogP contribution is -2.34. The van der Waals surface area contributed by atoms with E-state index in [2.05, 4.69) is 22.6 Å². The van der Waals surface area contributed by atoms with Gasteiger partial charge in [-0.2, -0.15) is 0 Å². The summed E-state index contributed by atoms with van der Waals surface area (Å²) in [5.74, 6) is 0. The van der Waals surface area contributed by atoms with Crippen LogP contribution in [0.2, 0.25) is 0 Å². The van der Waals surface area contributed by atoms with E-state index >= 15 is 0 Å². The summed E-state index contributed by atoms with van der Waals surface area (Å²) < 4.78 is 4.35. The van der Waals surface area contributed by atoms with Gasteiger partial charge >= 0.3 is 0 Å². The Morgan fingerprint density at radius 1 is 1.36 bits per heavy atom. The summed E-state index contributed by atoms with van der Waals surface area (Å²) in [5, 5.41) is 0.871. The van der Waals surface area contributed by atoms with Crippen molar-refractivity contribution in [1.82, 2.24) is 4.90 Å². The van der Waals surface area contributed by atoms with Crippen molar-refractivity contribution in [3.63, 3.8) is 0 Å². The SMILES string of the molecule is CN=S(C)C1CCN(C)CC1. The van der Waals surface area contributed by atoms with E-state index < -0.39 is 0 Å². The van der Waals surface area contributed by atoms with Crippen LogP contribution in [0.1, 0.15) is 12.8 Å². The highest BCUT2D eigenvalue weighted by molar-refractivity contribution is 7.87. The fourth-order valence-electron chi connectivity index (χ4n) is 1.48. The highest BCUT2D eigenvalue weighted by atomic mass is 32.2. The molecular weight excluding hydrogens is 156 g/mol. The quantitative estimate of drug-likeness (QED) is 0.582. The van der Waals surface area contributed by atoms with Crippen molar-refractivity contribution in [3.05, 3.63) is 0 Å². The molecule has 0 N–H and O–H groups in total. The molecular formula is C8H18N2S. The van der Waals surface area contributed by atoms with Crippen molar-refractivity contribution in [2.75, 3.05) is 33.4 Å². The van der Waals surface area contributed by atoms with Crippen LogP contribution in [0.5, 0.6) is 0 Å². The van der Waals surface area contributed by atoms with Crippen molar-refractivity contribution in [3.8, 4) is 0 Å². The largest absolute Gasteiger partial charge is 0.306 e. The summed E-state index contributed by atoms with van der Waals surface area (Å²) in [4.78, 5) is 2.41. The molecule has 1 aliphatic heterocycles. The summed E-state index contributed by atoms with van der Waals surface area (Å²) in [5.41, 5.74) is 0. The molecule has 0 radical (unpaired) electrons. The second kappa shape index (κ2) is 4.21. The zero-order valence-corrected chi connectivity index (χ0v) is 8.52. The molecule has 0 aliphatic carbocycles. The number of piperidine rings is 1. The Kier molecular flexibility index (Phi) is 3.52. The second-order valence-corrected chi connectivity index (χ2v) is 5.29. The topological polar surface area (TPSA) is 15.6 Å². The molecule has 0 bridgehead atoms. The Hall–Kier alpha value is 0.110. The molecule has 0 aromatic rings. The number of likely N-dealkylation sites (tertiary alicyclic amines) is 1. The van der Waals surface area contributed by atoms with Gasteiger partial charge in [-0.3, -0.25) is 4.36 Å². The minimum absolute atomic E-state index is 0.320. The molecule has 3 heteroatoms. The van der Waals surface area contributed by atoms with E-state index in [4.69, 9.17) is 0 Å². The highest BCUT2D eigenvalue weighted by Gasteiger charge is 2.17. The minimum Gasteiger partial charge on any atom is -0.306 e. The molecule has 0 aromatic heterocycles. The monoisotopic (exact) mass is 174 g/mol. The first kappa shape index (κ1) is 9.20. The van der Waals surface area contributed by atoms with Gasteiger partial charge in [0.1, 0.15) is 0 Å². The summed E-state index contributed by atoms with van der Waals surface area (Å²) >= 11 is 0. The van der Waals surface area contributed by atoms with E-state index in [1.807, 2.05) is 7.05 Å². The highest BCUT2D eigenvalue weighted by Crippen LogP contribution is 2.14. The minimum atomic E-state index is 0.320. The Bertz CT molecular complexity index is 148. The zero-order chi connectivity index (χ0) is 8.27. The molecule has 1 fully saturated rings. The maximum atomic E-state index is 4.35.